The molecule has 1 aliphatic heterocycles. The van der Waals surface area contributed by atoms with E-state index in [2.05, 4.69) is 49.7 Å². The van der Waals surface area contributed by atoms with Crippen LogP contribution >= 0.6 is 0 Å². The van der Waals surface area contributed by atoms with E-state index in [1.165, 1.54) is 16.7 Å². The van der Waals surface area contributed by atoms with Gasteiger partial charge in [-0.05, 0) is 60.5 Å². The molecule has 0 saturated heterocycles. The van der Waals surface area contributed by atoms with Gasteiger partial charge in [0.05, 0.1) is 11.4 Å². The standard InChI is InChI=1S/C23H33N5/c1-6-17-15-19(18-11-13-26-14-12-18)9-10-21(17)28(5)23(25)16-22(20(24)7-2)27(4)8-3/h7-11,15-16,26H,2-3,6,12-14,24-25H2,1,4-5H3/b22-20-,23-16+. The van der Waals surface area contributed by atoms with Crippen molar-refractivity contribution in [1.29, 1.82) is 0 Å². The molecule has 1 aromatic carbocycles. The molecule has 0 aromatic heterocycles. The van der Waals surface area contributed by atoms with Gasteiger partial charge in [0.25, 0.3) is 0 Å². The molecule has 5 N–H and O–H groups in total. The van der Waals surface area contributed by atoms with Gasteiger partial charge >= 0.3 is 0 Å². The van der Waals surface area contributed by atoms with Gasteiger partial charge in [-0.15, -0.1) is 0 Å². The first kappa shape index (κ1) is 21.4. The lowest BCUT2D eigenvalue weighted by atomic mass is 9.96. The molecule has 2 rings (SSSR count). The highest BCUT2D eigenvalue weighted by molar-refractivity contribution is 5.71. The lowest BCUT2D eigenvalue weighted by molar-refractivity contribution is 0.582. The zero-order valence-electron chi connectivity index (χ0n) is 17.3. The quantitative estimate of drug-likeness (QED) is 0.605. The summed E-state index contributed by atoms with van der Waals surface area (Å²) in [5.41, 5.74) is 18.8. The van der Waals surface area contributed by atoms with Gasteiger partial charge in [-0.3, -0.25) is 0 Å². The largest absolute Gasteiger partial charge is 0.397 e. The molecule has 5 nitrogen and oxygen atoms in total. The fourth-order valence-corrected chi connectivity index (χ4v) is 3.25. The Balaban J connectivity index is 2.38. The minimum atomic E-state index is 0.544. The van der Waals surface area contributed by atoms with Gasteiger partial charge < -0.3 is 26.6 Å². The fourth-order valence-electron chi connectivity index (χ4n) is 3.25. The topological polar surface area (TPSA) is 70.5 Å². The van der Waals surface area contributed by atoms with Crippen molar-refractivity contribution < 1.29 is 0 Å². The zero-order chi connectivity index (χ0) is 20.7. The number of nitrogens with two attached hydrogens (primary N) is 2. The van der Waals surface area contributed by atoms with Crippen LogP contribution in [0.2, 0.25) is 0 Å². The van der Waals surface area contributed by atoms with E-state index < -0.39 is 0 Å². The summed E-state index contributed by atoms with van der Waals surface area (Å²) < 4.78 is 0. The highest BCUT2D eigenvalue weighted by Gasteiger charge is 2.13. The number of aryl methyl sites for hydroxylation is 1. The van der Waals surface area contributed by atoms with Crippen molar-refractivity contribution in [2.24, 2.45) is 11.5 Å². The van der Waals surface area contributed by atoms with Gasteiger partial charge in [0.15, 0.2) is 0 Å². The Labute approximate surface area is 169 Å². The maximum absolute atomic E-state index is 6.42. The number of allylic oxidation sites excluding steroid dienone is 2. The molecular formula is C23H33N5. The van der Waals surface area contributed by atoms with Crippen LogP contribution in [0, 0.1) is 0 Å². The molecule has 0 saturated carbocycles. The van der Waals surface area contributed by atoms with E-state index in [0.717, 1.165) is 37.3 Å². The Hall–Kier alpha value is -2.92. The summed E-state index contributed by atoms with van der Waals surface area (Å²) in [6.07, 6.45) is 9.41. The smallest absolute Gasteiger partial charge is 0.105 e. The van der Waals surface area contributed by atoms with E-state index in [0.29, 0.717) is 11.5 Å². The van der Waals surface area contributed by atoms with Crippen molar-refractivity contribution in [1.82, 2.24) is 10.2 Å². The van der Waals surface area contributed by atoms with Crippen molar-refractivity contribution in [3.8, 4) is 0 Å². The van der Waals surface area contributed by atoms with E-state index in [1.54, 1.807) is 12.3 Å². The molecule has 0 unspecified atom stereocenters. The average molecular weight is 380 g/mol. The van der Waals surface area contributed by atoms with Crippen LogP contribution in [-0.4, -0.2) is 32.1 Å². The molecule has 0 amide bonds. The Bertz CT molecular complexity index is 816. The van der Waals surface area contributed by atoms with Gasteiger partial charge in [0, 0.05) is 32.4 Å². The Morgan fingerprint density at radius 1 is 1.25 bits per heavy atom. The zero-order valence-corrected chi connectivity index (χ0v) is 17.3. The third-order valence-electron chi connectivity index (χ3n) is 5.10. The van der Waals surface area contributed by atoms with Crippen molar-refractivity contribution in [2.75, 3.05) is 32.1 Å². The molecule has 1 aliphatic rings. The molecule has 5 heteroatoms. The third-order valence-corrected chi connectivity index (χ3v) is 5.10. The lowest BCUT2D eigenvalue weighted by Crippen LogP contribution is -2.26. The molecule has 0 fully saturated rings. The number of rotatable bonds is 8. The number of anilines is 1. The lowest BCUT2D eigenvalue weighted by Gasteiger charge is -2.25. The van der Waals surface area contributed by atoms with Crippen LogP contribution in [-0.2, 0) is 6.42 Å². The Morgan fingerprint density at radius 2 is 2.00 bits per heavy atom. The van der Waals surface area contributed by atoms with Crippen LogP contribution in [0.25, 0.3) is 5.57 Å². The van der Waals surface area contributed by atoms with Crippen molar-refractivity contribution in [3.05, 3.63) is 84.1 Å². The van der Waals surface area contributed by atoms with Gasteiger partial charge in [-0.25, -0.2) is 0 Å². The molecule has 0 atom stereocenters. The minimum absolute atomic E-state index is 0.544. The van der Waals surface area contributed by atoms with Gasteiger partial charge in [0.2, 0.25) is 0 Å². The predicted molar refractivity (Wildman–Crippen MR) is 121 cm³/mol. The number of hydrogen-bond donors (Lipinski definition) is 3. The predicted octanol–water partition coefficient (Wildman–Crippen LogP) is 3.29. The Kier molecular flexibility index (Phi) is 7.52. The number of hydrogen-bond acceptors (Lipinski definition) is 5. The number of nitrogens with zero attached hydrogens (tertiary/aromatic N) is 2. The molecule has 0 aliphatic carbocycles. The number of benzene rings is 1. The van der Waals surface area contributed by atoms with Crippen molar-refractivity contribution in [2.45, 2.75) is 19.8 Å². The van der Waals surface area contributed by atoms with Crippen LogP contribution in [0.5, 0.6) is 0 Å². The minimum Gasteiger partial charge on any atom is -0.397 e. The summed E-state index contributed by atoms with van der Waals surface area (Å²) in [6.45, 7) is 11.7. The van der Waals surface area contributed by atoms with Gasteiger partial charge in [-0.2, -0.15) is 0 Å². The van der Waals surface area contributed by atoms with Crippen molar-refractivity contribution >= 4 is 11.3 Å². The molecule has 1 aromatic rings. The van der Waals surface area contributed by atoms with Gasteiger partial charge in [-0.1, -0.05) is 32.2 Å². The summed E-state index contributed by atoms with van der Waals surface area (Å²) in [5, 5.41) is 3.36. The van der Waals surface area contributed by atoms with E-state index in [-0.39, 0.29) is 0 Å². The first-order valence-corrected chi connectivity index (χ1v) is 9.64. The third kappa shape index (κ3) is 4.87. The molecule has 28 heavy (non-hydrogen) atoms. The molecule has 0 spiro atoms. The van der Waals surface area contributed by atoms with Crippen LogP contribution in [0.15, 0.2) is 73.0 Å². The Morgan fingerprint density at radius 3 is 2.57 bits per heavy atom. The highest BCUT2D eigenvalue weighted by atomic mass is 15.2. The van der Waals surface area contributed by atoms with Crippen LogP contribution < -0.4 is 21.7 Å². The fraction of sp³-hybridized carbons (Fsp3) is 0.304. The highest BCUT2D eigenvalue weighted by Crippen LogP contribution is 2.28. The second kappa shape index (κ2) is 9.85. The van der Waals surface area contributed by atoms with E-state index in [1.807, 2.05) is 30.0 Å². The van der Waals surface area contributed by atoms with E-state index in [4.69, 9.17) is 11.5 Å². The maximum Gasteiger partial charge on any atom is 0.105 e. The number of nitrogens with one attached hydrogen (secondary N) is 1. The molecule has 0 radical (unpaired) electrons. The molecule has 0 bridgehead atoms. The number of likely N-dealkylation sites (N-methyl/N-ethyl adjacent to an activating group) is 1. The first-order chi connectivity index (χ1) is 13.4. The SMILES string of the molecule is C=C/C(N)=C(\C=C(/N)N(C)c1ccc(C2=CCNCC2)cc1CC)N(C)C=C. The molecular weight excluding hydrogens is 346 g/mol. The van der Waals surface area contributed by atoms with Crippen molar-refractivity contribution in [3.63, 3.8) is 0 Å². The van der Waals surface area contributed by atoms with E-state index >= 15 is 0 Å². The molecule has 150 valence electrons. The summed E-state index contributed by atoms with van der Waals surface area (Å²) >= 11 is 0. The normalized spacial score (nSPS) is 15.4. The van der Waals surface area contributed by atoms with Crippen LogP contribution in [0.1, 0.15) is 24.5 Å². The summed E-state index contributed by atoms with van der Waals surface area (Å²) in [4.78, 5) is 3.82. The van der Waals surface area contributed by atoms with E-state index in [9.17, 15) is 0 Å². The summed E-state index contributed by atoms with van der Waals surface area (Å²) in [7, 11) is 3.85. The van der Waals surface area contributed by atoms with Gasteiger partial charge in [0.1, 0.15) is 5.82 Å². The summed E-state index contributed by atoms with van der Waals surface area (Å²) in [5.74, 6) is 0.594. The first-order valence-electron chi connectivity index (χ1n) is 9.64. The van der Waals surface area contributed by atoms with Crippen LogP contribution in [0.3, 0.4) is 0 Å². The second-order valence-electron chi connectivity index (χ2n) is 6.85. The monoisotopic (exact) mass is 379 g/mol. The average Bonchev–Trinajstić information content (AvgIpc) is 2.75. The molecule has 1 heterocycles. The van der Waals surface area contributed by atoms with Crippen LogP contribution in [0.4, 0.5) is 5.69 Å². The summed E-state index contributed by atoms with van der Waals surface area (Å²) in [6, 6.07) is 6.61. The second-order valence-corrected chi connectivity index (χ2v) is 6.85. The maximum atomic E-state index is 6.42.